The molecule has 2 N–H and O–H groups in total. The number of hydrogen-bond acceptors (Lipinski definition) is 6. The van der Waals surface area contributed by atoms with Gasteiger partial charge in [-0.1, -0.05) is 25.7 Å². The van der Waals surface area contributed by atoms with Crippen LogP contribution in [0.3, 0.4) is 0 Å². The van der Waals surface area contributed by atoms with E-state index < -0.39 is 12.2 Å². The van der Waals surface area contributed by atoms with E-state index in [0.717, 1.165) is 50.0 Å². The van der Waals surface area contributed by atoms with Crippen LogP contribution in [0.1, 0.15) is 52.4 Å². The van der Waals surface area contributed by atoms with Crippen molar-refractivity contribution < 1.29 is 28.5 Å². The molecule has 0 saturated carbocycles. The van der Waals surface area contributed by atoms with E-state index in [1.807, 2.05) is 0 Å². The lowest BCUT2D eigenvalue weighted by atomic mass is 10.1. The molecule has 0 saturated heterocycles. The van der Waals surface area contributed by atoms with Crippen LogP contribution >= 0.6 is 0 Å². The predicted molar refractivity (Wildman–Crippen MR) is 140 cm³/mol. The van der Waals surface area contributed by atoms with Gasteiger partial charge in [0.2, 0.25) is 0 Å². The number of benzene rings is 2. The number of carbonyl (C=O) groups excluding carboxylic acids is 2. The van der Waals surface area contributed by atoms with Crippen molar-refractivity contribution in [1.82, 2.24) is 10.6 Å². The van der Waals surface area contributed by atoms with Crippen molar-refractivity contribution in [2.24, 2.45) is 0 Å². The maximum atomic E-state index is 12.2. The Bertz CT molecular complexity index is 826. The number of methoxy groups -OCH3 is 2. The standard InChI is InChI=1S/C28H40N2O6/c1-21(35-25-15-11-23(33-3)12-16-25)27(31)29-19-9-7-5-6-8-10-20-30-28(32)22(2)36-26-17-13-24(34-4)14-18-26/h11-18,21-22H,5-10,19-20H2,1-4H3,(H,29,31)(H,30,32). The highest BCUT2D eigenvalue weighted by Gasteiger charge is 2.15. The second-order valence-electron chi connectivity index (χ2n) is 8.57. The van der Waals surface area contributed by atoms with Gasteiger partial charge in [-0.15, -0.1) is 0 Å². The first-order chi connectivity index (χ1) is 17.4. The summed E-state index contributed by atoms with van der Waals surface area (Å²) in [5, 5.41) is 5.86. The molecule has 2 atom stereocenters. The van der Waals surface area contributed by atoms with Crippen LogP contribution in [0.25, 0.3) is 0 Å². The van der Waals surface area contributed by atoms with E-state index in [0.29, 0.717) is 24.6 Å². The van der Waals surface area contributed by atoms with Gasteiger partial charge in [-0.2, -0.15) is 0 Å². The van der Waals surface area contributed by atoms with Crippen LogP contribution in [-0.2, 0) is 9.59 Å². The molecule has 8 heteroatoms. The Hall–Kier alpha value is -3.42. The molecule has 2 amide bonds. The second kappa shape index (κ2) is 16.3. The summed E-state index contributed by atoms with van der Waals surface area (Å²) in [4.78, 5) is 24.4. The fraction of sp³-hybridized carbons (Fsp3) is 0.500. The number of carbonyl (C=O) groups is 2. The number of unbranched alkanes of at least 4 members (excludes halogenated alkanes) is 5. The Morgan fingerprint density at radius 3 is 1.22 bits per heavy atom. The molecule has 0 spiro atoms. The highest BCUT2D eigenvalue weighted by molar-refractivity contribution is 5.81. The molecule has 2 aromatic rings. The largest absolute Gasteiger partial charge is 0.497 e. The third kappa shape index (κ3) is 10.9. The smallest absolute Gasteiger partial charge is 0.260 e. The van der Waals surface area contributed by atoms with Crippen LogP contribution in [0, 0.1) is 0 Å². The molecular formula is C28H40N2O6. The zero-order valence-electron chi connectivity index (χ0n) is 21.9. The summed E-state index contributed by atoms with van der Waals surface area (Å²) in [5.41, 5.74) is 0. The minimum Gasteiger partial charge on any atom is -0.497 e. The second-order valence-corrected chi connectivity index (χ2v) is 8.57. The van der Waals surface area contributed by atoms with Gasteiger partial charge in [0.1, 0.15) is 23.0 Å². The van der Waals surface area contributed by atoms with Crippen molar-refractivity contribution in [3.63, 3.8) is 0 Å². The van der Waals surface area contributed by atoms with E-state index in [-0.39, 0.29) is 11.8 Å². The SMILES string of the molecule is COc1ccc(OC(C)C(=O)NCCCCCCCCNC(=O)C(C)Oc2ccc(OC)cc2)cc1. The number of rotatable bonds is 17. The molecule has 2 rings (SSSR count). The predicted octanol–water partition coefficient (Wildman–Crippen LogP) is 4.51. The Kier molecular flexibility index (Phi) is 13.0. The van der Waals surface area contributed by atoms with Gasteiger partial charge in [0.15, 0.2) is 12.2 Å². The van der Waals surface area contributed by atoms with E-state index in [1.165, 1.54) is 0 Å². The van der Waals surface area contributed by atoms with Crippen LogP contribution < -0.4 is 29.6 Å². The average Bonchev–Trinajstić information content (AvgIpc) is 2.90. The molecule has 198 valence electrons. The maximum Gasteiger partial charge on any atom is 0.260 e. The molecule has 0 aromatic heterocycles. The molecule has 0 radical (unpaired) electrons. The molecule has 0 aliphatic rings. The molecule has 2 unspecified atom stereocenters. The van der Waals surface area contributed by atoms with Crippen molar-refractivity contribution in [3.05, 3.63) is 48.5 Å². The Labute approximate surface area is 214 Å². The fourth-order valence-electron chi connectivity index (χ4n) is 3.49. The van der Waals surface area contributed by atoms with Gasteiger partial charge in [0, 0.05) is 13.1 Å². The van der Waals surface area contributed by atoms with Gasteiger partial charge in [0.25, 0.3) is 11.8 Å². The van der Waals surface area contributed by atoms with Crippen molar-refractivity contribution in [3.8, 4) is 23.0 Å². The topological polar surface area (TPSA) is 95.1 Å². The molecule has 0 bridgehead atoms. The zero-order chi connectivity index (χ0) is 26.2. The van der Waals surface area contributed by atoms with Gasteiger partial charge in [-0.05, 0) is 75.2 Å². The highest BCUT2D eigenvalue weighted by atomic mass is 16.5. The Morgan fingerprint density at radius 2 is 0.889 bits per heavy atom. The Balaban J connectivity index is 1.45. The van der Waals surface area contributed by atoms with Gasteiger partial charge in [-0.3, -0.25) is 9.59 Å². The monoisotopic (exact) mass is 500 g/mol. The molecule has 0 heterocycles. The number of hydrogen-bond donors (Lipinski definition) is 2. The average molecular weight is 501 g/mol. The first-order valence-corrected chi connectivity index (χ1v) is 12.6. The van der Waals surface area contributed by atoms with Crippen LogP contribution in [0.5, 0.6) is 23.0 Å². The lowest BCUT2D eigenvalue weighted by molar-refractivity contribution is -0.127. The molecule has 2 aromatic carbocycles. The summed E-state index contributed by atoms with van der Waals surface area (Å²) in [6.45, 7) is 4.75. The van der Waals surface area contributed by atoms with E-state index >= 15 is 0 Å². The summed E-state index contributed by atoms with van der Waals surface area (Å²) in [7, 11) is 3.21. The first kappa shape index (κ1) is 28.8. The van der Waals surface area contributed by atoms with Gasteiger partial charge in [0.05, 0.1) is 14.2 Å². The van der Waals surface area contributed by atoms with Crippen molar-refractivity contribution in [1.29, 1.82) is 0 Å². The van der Waals surface area contributed by atoms with Crippen LogP contribution in [0.2, 0.25) is 0 Å². The fourth-order valence-corrected chi connectivity index (χ4v) is 3.49. The first-order valence-electron chi connectivity index (χ1n) is 12.6. The van der Waals surface area contributed by atoms with E-state index in [2.05, 4.69) is 10.6 Å². The minimum atomic E-state index is -0.557. The number of ether oxygens (including phenoxy) is 4. The summed E-state index contributed by atoms with van der Waals surface area (Å²) < 4.78 is 21.6. The van der Waals surface area contributed by atoms with Crippen molar-refractivity contribution in [2.75, 3.05) is 27.3 Å². The number of nitrogens with one attached hydrogen (secondary N) is 2. The van der Waals surface area contributed by atoms with E-state index in [4.69, 9.17) is 18.9 Å². The molecule has 8 nitrogen and oxygen atoms in total. The number of amides is 2. The van der Waals surface area contributed by atoms with Gasteiger partial charge in [-0.25, -0.2) is 0 Å². The van der Waals surface area contributed by atoms with Crippen LogP contribution in [-0.4, -0.2) is 51.3 Å². The van der Waals surface area contributed by atoms with E-state index in [9.17, 15) is 9.59 Å². The summed E-state index contributed by atoms with van der Waals surface area (Å²) in [6, 6.07) is 14.3. The zero-order valence-corrected chi connectivity index (χ0v) is 21.9. The van der Waals surface area contributed by atoms with Gasteiger partial charge < -0.3 is 29.6 Å². The third-order valence-electron chi connectivity index (χ3n) is 5.69. The molecule has 0 aliphatic carbocycles. The quantitative estimate of drug-likeness (QED) is 0.310. The molecule has 36 heavy (non-hydrogen) atoms. The highest BCUT2D eigenvalue weighted by Crippen LogP contribution is 2.19. The summed E-state index contributed by atoms with van der Waals surface area (Å²) >= 11 is 0. The lowest BCUT2D eigenvalue weighted by Gasteiger charge is -2.15. The van der Waals surface area contributed by atoms with Crippen LogP contribution in [0.4, 0.5) is 0 Å². The molecule has 0 fully saturated rings. The third-order valence-corrected chi connectivity index (χ3v) is 5.69. The van der Waals surface area contributed by atoms with Gasteiger partial charge >= 0.3 is 0 Å². The molecule has 0 aliphatic heterocycles. The van der Waals surface area contributed by atoms with E-state index in [1.54, 1.807) is 76.6 Å². The van der Waals surface area contributed by atoms with Crippen LogP contribution in [0.15, 0.2) is 48.5 Å². The van der Waals surface area contributed by atoms with Crippen molar-refractivity contribution in [2.45, 2.75) is 64.6 Å². The normalized spacial score (nSPS) is 12.2. The maximum absolute atomic E-state index is 12.2. The molecular weight excluding hydrogens is 460 g/mol. The Morgan fingerprint density at radius 1 is 0.583 bits per heavy atom. The summed E-state index contributed by atoms with van der Waals surface area (Å²) in [5.74, 6) is 2.52. The van der Waals surface area contributed by atoms with Crippen molar-refractivity contribution >= 4 is 11.8 Å². The lowest BCUT2D eigenvalue weighted by Crippen LogP contribution is -2.36. The summed E-state index contributed by atoms with van der Waals surface area (Å²) in [6.07, 6.45) is 5.03. The minimum absolute atomic E-state index is 0.119.